The molecule has 0 aromatic rings. The Hall–Kier alpha value is -0.0900. The Morgan fingerprint density at radius 3 is 2.15 bits per heavy atom. The van der Waals surface area contributed by atoms with Gasteiger partial charge in [0.15, 0.2) is 0 Å². The zero-order valence-electron chi connectivity index (χ0n) is 9.00. The highest BCUT2D eigenvalue weighted by Gasteiger charge is 2.07. The van der Waals surface area contributed by atoms with E-state index in [1.54, 1.807) is 0 Å². The summed E-state index contributed by atoms with van der Waals surface area (Å²) in [6, 6.07) is 0.289. The monoisotopic (exact) mass is 207 g/mol. The molecule has 3 nitrogen and oxygen atoms in total. The first-order chi connectivity index (χ1) is 5.81. The molecule has 80 valence electrons. The number of hydrogen-bond acceptors (Lipinski definition) is 3. The van der Waals surface area contributed by atoms with E-state index in [2.05, 4.69) is 19.2 Å². The topological polar surface area (TPSA) is 46.2 Å². The van der Waals surface area contributed by atoms with Crippen LogP contribution in [0.5, 0.6) is 0 Å². The van der Waals surface area contributed by atoms with Gasteiger partial charge in [-0.3, -0.25) is 0 Å². The van der Waals surface area contributed by atoms with Gasteiger partial charge in [-0.15, -0.1) is 0 Å². The summed E-state index contributed by atoms with van der Waals surface area (Å²) < 4.78 is 21.7. The van der Waals surface area contributed by atoms with Gasteiger partial charge in [-0.05, 0) is 25.8 Å². The maximum absolute atomic E-state index is 10.8. The lowest BCUT2D eigenvalue weighted by Crippen LogP contribution is -2.31. The fraction of sp³-hybridized carbons (Fsp3) is 1.00. The Balaban J connectivity index is 3.58. The number of hydrogen-bond donors (Lipinski definition) is 1. The van der Waals surface area contributed by atoms with Gasteiger partial charge in [-0.25, -0.2) is 8.42 Å². The molecule has 0 aromatic carbocycles. The van der Waals surface area contributed by atoms with Crippen LogP contribution in [0.2, 0.25) is 0 Å². The van der Waals surface area contributed by atoms with E-state index in [4.69, 9.17) is 0 Å². The summed E-state index contributed by atoms with van der Waals surface area (Å²) in [7, 11) is -2.80. The average Bonchev–Trinajstić information content (AvgIpc) is 1.95. The van der Waals surface area contributed by atoms with Crippen LogP contribution in [0.4, 0.5) is 0 Å². The van der Waals surface area contributed by atoms with E-state index in [0.717, 1.165) is 6.54 Å². The summed E-state index contributed by atoms with van der Waals surface area (Å²) in [5, 5.41) is 3.29. The predicted molar refractivity (Wildman–Crippen MR) is 56.6 cm³/mol. The van der Waals surface area contributed by atoms with Crippen LogP contribution in [-0.4, -0.2) is 33.0 Å². The molecule has 0 saturated carbocycles. The first kappa shape index (κ1) is 12.9. The van der Waals surface area contributed by atoms with Crippen molar-refractivity contribution in [2.75, 3.05) is 18.6 Å². The van der Waals surface area contributed by atoms with E-state index < -0.39 is 9.84 Å². The molecule has 13 heavy (non-hydrogen) atoms. The van der Waals surface area contributed by atoms with Crippen LogP contribution in [0.25, 0.3) is 0 Å². The van der Waals surface area contributed by atoms with Crippen molar-refractivity contribution in [1.82, 2.24) is 5.32 Å². The lowest BCUT2D eigenvalue weighted by Gasteiger charge is -2.14. The Morgan fingerprint density at radius 1 is 1.23 bits per heavy atom. The van der Waals surface area contributed by atoms with Gasteiger partial charge < -0.3 is 5.32 Å². The van der Waals surface area contributed by atoms with Crippen molar-refractivity contribution in [3.8, 4) is 0 Å². The summed E-state index contributed by atoms with van der Waals surface area (Å²) in [6.45, 7) is 7.24. The third kappa shape index (κ3) is 9.83. The smallest absolute Gasteiger partial charge is 0.147 e. The van der Waals surface area contributed by atoms with Gasteiger partial charge in [0.2, 0.25) is 0 Å². The van der Waals surface area contributed by atoms with E-state index in [-0.39, 0.29) is 11.8 Å². The quantitative estimate of drug-likeness (QED) is 0.708. The molecule has 0 aliphatic rings. The van der Waals surface area contributed by atoms with E-state index in [1.807, 2.05) is 6.92 Å². The van der Waals surface area contributed by atoms with Gasteiger partial charge in [0.25, 0.3) is 0 Å². The lowest BCUT2D eigenvalue weighted by molar-refractivity contribution is 0.474. The summed E-state index contributed by atoms with van der Waals surface area (Å²) in [5.41, 5.74) is 0. The van der Waals surface area contributed by atoms with Crippen LogP contribution < -0.4 is 5.32 Å². The second kappa shape index (κ2) is 5.60. The van der Waals surface area contributed by atoms with Crippen molar-refractivity contribution in [1.29, 1.82) is 0 Å². The molecule has 0 radical (unpaired) electrons. The Bertz CT molecular complexity index is 222. The summed E-state index contributed by atoms with van der Waals surface area (Å²) >= 11 is 0. The van der Waals surface area contributed by atoms with Crippen molar-refractivity contribution in [2.45, 2.75) is 33.2 Å². The van der Waals surface area contributed by atoms with Crippen LogP contribution in [-0.2, 0) is 9.84 Å². The van der Waals surface area contributed by atoms with Crippen molar-refractivity contribution < 1.29 is 8.42 Å². The number of rotatable bonds is 6. The molecule has 0 fully saturated rings. The maximum atomic E-state index is 10.8. The summed E-state index contributed by atoms with van der Waals surface area (Å²) in [4.78, 5) is 0. The Morgan fingerprint density at radius 2 is 1.77 bits per heavy atom. The van der Waals surface area contributed by atoms with Gasteiger partial charge in [-0.1, -0.05) is 13.8 Å². The molecule has 0 saturated heterocycles. The Labute approximate surface area is 81.8 Å². The fourth-order valence-electron chi connectivity index (χ4n) is 0.930. The highest BCUT2D eigenvalue weighted by Crippen LogP contribution is 1.97. The molecule has 0 rings (SSSR count). The molecule has 0 aliphatic carbocycles. The highest BCUT2D eigenvalue weighted by atomic mass is 32.2. The first-order valence-corrected chi connectivity index (χ1v) is 6.78. The van der Waals surface area contributed by atoms with Crippen LogP contribution in [0.15, 0.2) is 0 Å². The van der Waals surface area contributed by atoms with Crippen LogP contribution in [0.1, 0.15) is 27.2 Å². The minimum Gasteiger partial charge on any atom is -0.314 e. The molecule has 0 bridgehead atoms. The Kier molecular flexibility index (Phi) is 5.56. The van der Waals surface area contributed by atoms with Gasteiger partial charge >= 0.3 is 0 Å². The SMILES string of the molecule is CC(C)CNC(C)CCS(C)(=O)=O. The standard InChI is InChI=1S/C9H21NO2S/c1-8(2)7-10-9(3)5-6-13(4,11)12/h8-10H,5-7H2,1-4H3. The van der Waals surface area contributed by atoms with Crippen molar-refractivity contribution >= 4 is 9.84 Å². The van der Waals surface area contributed by atoms with E-state index in [1.165, 1.54) is 6.26 Å². The third-order valence-electron chi connectivity index (χ3n) is 1.80. The fourth-order valence-corrected chi connectivity index (χ4v) is 1.71. The second-order valence-corrected chi connectivity index (χ2v) is 6.38. The molecule has 0 heterocycles. The molecule has 0 aliphatic heterocycles. The molecule has 0 amide bonds. The van der Waals surface area contributed by atoms with Crippen LogP contribution in [0, 0.1) is 5.92 Å². The van der Waals surface area contributed by atoms with E-state index >= 15 is 0 Å². The second-order valence-electron chi connectivity index (χ2n) is 4.12. The lowest BCUT2D eigenvalue weighted by atomic mass is 10.2. The molecular formula is C9H21NO2S. The average molecular weight is 207 g/mol. The maximum Gasteiger partial charge on any atom is 0.147 e. The number of sulfone groups is 1. The van der Waals surface area contributed by atoms with E-state index in [0.29, 0.717) is 12.3 Å². The van der Waals surface area contributed by atoms with Gasteiger partial charge in [-0.2, -0.15) is 0 Å². The number of nitrogens with one attached hydrogen (secondary N) is 1. The summed E-state index contributed by atoms with van der Waals surface area (Å²) in [5.74, 6) is 0.889. The van der Waals surface area contributed by atoms with Crippen molar-refractivity contribution in [3.05, 3.63) is 0 Å². The molecule has 0 aromatic heterocycles. The predicted octanol–water partition coefficient (Wildman–Crippen LogP) is 1.06. The van der Waals surface area contributed by atoms with Gasteiger partial charge in [0.05, 0.1) is 5.75 Å². The molecule has 1 N–H and O–H groups in total. The van der Waals surface area contributed by atoms with E-state index in [9.17, 15) is 8.42 Å². The summed E-state index contributed by atoms with van der Waals surface area (Å²) in [6.07, 6.45) is 1.98. The van der Waals surface area contributed by atoms with Gasteiger partial charge in [0, 0.05) is 12.3 Å². The zero-order chi connectivity index (χ0) is 10.5. The molecule has 4 heteroatoms. The minimum atomic E-state index is -2.80. The van der Waals surface area contributed by atoms with Crippen molar-refractivity contribution in [2.24, 2.45) is 5.92 Å². The largest absolute Gasteiger partial charge is 0.314 e. The molecule has 0 spiro atoms. The highest BCUT2D eigenvalue weighted by molar-refractivity contribution is 7.90. The van der Waals surface area contributed by atoms with Crippen molar-refractivity contribution in [3.63, 3.8) is 0 Å². The molecule has 1 atom stereocenters. The zero-order valence-corrected chi connectivity index (χ0v) is 9.82. The van der Waals surface area contributed by atoms with Crippen LogP contribution in [0.3, 0.4) is 0 Å². The first-order valence-electron chi connectivity index (χ1n) is 4.72. The van der Waals surface area contributed by atoms with Gasteiger partial charge in [0.1, 0.15) is 9.84 Å². The molecular weight excluding hydrogens is 186 g/mol. The minimum absolute atomic E-state index is 0.277. The van der Waals surface area contributed by atoms with Crippen LogP contribution >= 0.6 is 0 Å². The third-order valence-corrected chi connectivity index (χ3v) is 2.77. The molecule has 1 unspecified atom stereocenters. The normalized spacial score (nSPS) is 14.8.